The Labute approximate surface area is 99.2 Å². The third-order valence-electron chi connectivity index (χ3n) is 1.58. The molecule has 0 aromatic carbocycles. The lowest BCUT2D eigenvalue weighted by atomic mass is 10.1. The van der Waals surface area contributed by atoms with Gasteiger partial charge in [-0.15, -0.1) is 0 Å². The van der Waals surface area contributed by atoms with Crippen molar-refractivity contribution >= 4 is 17.9 Å². The molecule has 0 unspecified atom stereocenters. The number of carboxylic acid groups (broad SMARTS) is 3. The minimum absolute atomic E-state index is 0.0628. The van der Waals surface area contributed by atoms with Gasteiger partial charge in [0.2, 0.25) is 0 Å². The molecule has 7 nitrogen and oxygen atoms in total. The Hall–Kier alpha value is -1.63. The van der Waals surface area contributed by atoms with Crippen molar-refractivity contribution in [3.63, 3.8) is 0 Å². The molecule has 0 spiro atoms. The maximum atomic E-state index is 9.90. The summed E-state index contributed by atoms with van der Waals surface area (Å²) < 4.78 is 0. The molecule has 0 saturated heterocycles. The molecule has 0 aliphatic heterocycles. The molecule has 0 rings (SSSR count). The summed E-state index contributed by atoms with van der Waals surface area (Å²) in [5.41, 5.74) is 4.00. The van der Waals surface area contributed by atoms with E-state index in [1.54, 1.807) is 0 Å². The van der Waals surface area contributed by atoms with Crippen molar-refractivity contribution in [1.29, 1.82) is 0 Å². The summed E-state index contributed by atoms with van der Waals surface area (Å²) in [7, 11) is 0. The van der Waals surface area contributed by atoms with Crippen molar-refractivity contribution in [2.75, 3.05) is 0 Å². The maximum absolute atomic E-state index is 9.90. The Morgan fingerprint density at radius 1 is 0.941 bits per heavy atom. The molecule has 0 aromatic rings. The predicted octanol–water partition coefficient (Wildman–Crippen LogP) is 0.524. The van der Waals surface area contributed by atoms with Crippen LogP contribution in [0.5, 0.6) is 0 Å². The molecule has 0 aliphatic carbocycles. The number of aliphatic carboxylic acids is 3. The highest BCUT2D eigenvalue weighted by molar-refractivity contribution is 5.77. The average Bonchev–Trinajstić information content (AvgIpc) is 2.11. The lowest BCUT2D eigenvalue weighted by molar-refractivity contribution is -0.142. The van der Waals surface area contributed by atoms with Crippen LogP contribution in [-0.4, -0.2) is 38.8 Å². The number of unbranched alkanes of at least 4 members (excludes halogenated alkanes) is 1. The van der Waals surface area contributed by atoms with Gasteiger partial charge >= 0.3 is 17.9 Å². The molecular formula is C10H19NO6. The molecule has 0 saturated carbocycles. The van der Waals surface area contributed by atoms with E-state index in [0.29, 0.717) is 12.8 Å². The number of hydrogen-bond acceptors (Lipinski definition) is 4. The number of nitrogens with two attached hydrogens (primary N) is 1. The smallest absolute Gasteiger partial charge is 0.323 e. The summed E-state index contributed by atoms with van der Waals surface area (Å²) >= 11 is 0. The van der Waals surface area contributed by atoms with Gasteiger partial charge in [-0.25, -0.2) is 0 Å². The van der Waals surface area contributed by atoms with Crippen molar-refractivity contribution < 1.29 is 29.7 Å². The van der Waals surface area contributed by atoms with Crippen LogP contribution in [0.3, 0.4) is 0 Å². The SMILES string of the molecule is CC(C)(N)C(=O)O.O=C(O)CCCCC(=O)O. The molecule has 0 amide bonds. The summed E-state index contributed by atoms with van der Waals surface area (Å²) in [6.45, 7) is 2.88. The summed E-state index contributed by atoms with van der Waals surface area (Å²) in [6.07, 6.45) is 1.02. The lowest BCUT2D eigenvalue weighted by Crippen LogP contribution is -2.41. The first-order chi connectivity index (χ1) is 7.57. The van der Waals surface area contributed by atoms with Crippen molar-refractivity contribution in [3.8, 4) is 0 Å². The molecule has 5 N–H and O–H groups in total. The van der Waals surface area contributed by atoms with Gasteiger partial charge < -0.3 is 21.1 Å². The zero-order valence-electron chi connectivity index (χ0n) is 9.97. The highest BCUT2D eigenvalue weighted by Crippen LogP contribution is 1.98. The van der Waals surface area contributed by atoms with Gasteiger partial charge in [-0.3, -0.25) is 14.4 Å². The molecule has 0 aliphatic rings. The molecule has 0 heterocycles. The first-order valence-corrected chi connectivity index (χ1v) is 5.03. The predicted molar refractivity (Wildman–Crippen MR) is 59.6 cm³/mol. The minimum Gasteiger partial charge on any atom is -0.481 e. The van der Waals surface area contributed by atoms with Crippen molar-refractivity contribution in [2.45, 2.75) is 45.1 Å². The fraction of sp³-hybridized carbons (Fsp3) is 0.700. The van der Waals surface area contributed by atoms with Crippen LogP contribution in [-0.2, 0) is 14.4 Å². The van der Waals surface area contributed by atoms with Crippen LogP contribution >= 0.6 is 0 Å². The van der Waals surface area contributed by atoms with E-state index in [-0.39, 0.29) is 12.8 Å². The van der Waals surface area contributed by atoms with Crippen LogP contribution in [0.25, 0.3) is 0 Å². The fourth-order valence-electron chi connectivity index (χ4n) is 0.552. The summed E-state index contributed by atoms with van der Waals surface area (Å²) in [4.78, 5) is 29.7. The Bertz CT molecular complexity index is 252. The molecule has 0 aromatic heterocycles. The van der Waals surface area contributed by atoms with Gasteiger partial charge in [0.25, 0.3) is 0 Å². The number of hydrogen-bond donors (Lipinski definition) is 4. The summed E-state index contributed by atoms with van der Waals surface area (Å²) in [5, 5.41) is 24.4. The van der Waals surface area contributed by atoms with E-state index < -0.39 is 23.4 Å². The van der Waals surface area contributed by atoms with E-state index in [4.69, 9.17) is 21.1 Å². The van der Waals surface area contributed by atoms with Gasteiger partial charge in [0.15, 0.2) is 0 Å². The van der Waals surface area contributed by atoms with Gasteiger partial charge in [-0.05, 0) is 26.7 Å². The highest BCUT2D eigenvalue weighted by atomic mass is 16.4. The van der Waals surface area contributed by atoms with Crippen molar-refractivity contribution in [2.24, 2.45) is 5.73 Å². The molecule has 0 atom stereocenters. The molecular weight excluding hydrogens is 230 g/mol. The normalized spacial score (nSPS) is 10.1. The van der Waals surface area contributed by atoms with Gasteiger partial charge in [0, 0.05) is 12.8 Å². The molecule has 7 heteroatoms. The zero-order chi connectivity index (χ0) is 14.1. The van der Waals surface area contributed by atoms with Gasteiger partial charge in [-0.1, -0.05) is 0 Å². The molecule has 100 valence electrons. The monoisotopic (exact) mass is 249 g/mol. The molecule has 0 bridgehead atoms. The first kappa shape index (κ1) is 17.8. The van der Waals surface area contributed by atoms with E-state index in [1.165, 1.54) is 13.8 Å². The Morgan fingerprint density at radius 3 is 1.29 bits per heavy atom. The fourth-order valence-corrected chi connectivity index (χ4v) is 0.552. The van der Waals surface area contributed by atoms with Crippen molar-refractivity contribution in [1.82, 2.24) is 0 Å². The lowest BCUT2D eigenvalue weighted by Gasteiger charge is -2.09. The largest absolute Gasteiger partial charge is 0.481 e. The molecule has 0 fully saturated rings. The van der Waals surface area contributed by atoms with E-state index in [1.807, 2.05) is 0 Å². The van der Waals surface area contributed by atoms with E-state index in [0.717, 1.165) is 0 Å². The third kappa shape index (κ3) is 17.0. The number of carboxylic acids is 3. The van der Waals surface area contributed by atoms with Crippen molar-refractivity contribution in [3.05, 3.63) is 0 Å². The number of carbonyl (C=O) groups is 3. The first-order valence-electron chi connectivity index (χ1n) is 5.03. The van der Waals surface area contributed by atoms with E-state index in [9.17, 15) is 14.4 Å². The van der Waals surface area contributed by atoms with Gasteiger partial charge in [0.05, 0.1) is 0 Å². The minimum atomic E-state index is -1.08. The zero-order valence-corrected chi connectivity index (χ0v) is 9.97. The van der Waals surface area contributed by atoms with Crippen LogP contribution in [0.2, 0.25) is 0 Å². The van der Waals surface area contributed by atoms with E-state index in [2.05, 4.69) is 0 Å². The summed E-state index contributed by atoms with van der Waals surface area (Å²) in [5.74, 6) is -2.72. The third-order valence-corrected chi connectivity index (χ3v) is 1.58. The average molecular weight is 249 g/mol. The molecule has 17 heavy (non-hydrogen) atoms. The van der Waals surface area contributed by atoms with Crippen LogP contribution in [0.15, 0.2) is 0 Å². The second-order valence-electron chi connectivity index (χ2n) is 4.02. The summed E-state index contributed by atoms with van der Waals surface area (Å²) in [6, 6.07) is 0. The highest BCUT2D eigenvalue weighted by Gasteiger charge is 2.19. The Kier molecular flexibility index (Phi) is 8.89. The van der Waals surface area contributed by atoms with Gasteiger partial charge in [-0.2, -0.15) is 0 Å². The van der Waals surface area contributed by atoms with Crippen LogP contribution in [0.4, 0.5) is 0 Å². The topological polar surface area (TPSA) is 138 Å². The van der Waals surface area contributed by atoms with E-state index >= 15 is 0 Å². The standard InChI is InChI=1S/C6H10O4.C4H9NO2/c7-5(8)3-1-2-4-6(9)10;1-4(2,5)3(6)7/h1-4H2,(H,7,8)(H,9,10);5H2,1-2H3,(H,6,7). The van der Waals surface area contributed by atoms with Gasteiger partial charge in [0.1, 0.15) is 5.54 Å². The Balaban J connectivity index is 0. The van der Waals surface area contributed by atoms with Crippen LogP contribution in [0.1, 0.15) is 39.5 Å². The maximum Gasteiger partial charge on any atom is 0.323 e. The number of rotatable bonds is 6. The Morgan fingerprint density at radius 2 is 1.18 bits per heavy atom. The van der Waals surface area contributed by atoms with Crippen LogP contribution in [0, 0.1) is 0 Å². The second kappa shape index (κ2) is 8.51. The quantitative estimate of drug-likeness (QED) is 0.503. The van der Waals surface area contributed by atoms with Crippen LogP contribution < -0.4 is 5.73 Å². The second-order valence-corrected chi connectivity index (χ2v) is 4.02. The molecule has 0 radical (unpaired) electrons.